The van der Waals surface area contributed by atoms with E-state index >= 15 is 0 Å². The Morgan fingerprint density at radius 3 is 2.69 bits per heavy atom. The Morgan fingerprint density at radius 2 is 2.23 bits per heavy atom. The molecule has 0 bridgehead atoms. The number of nitrogens with zero attached hydrogens (tertiary/aromatic N) is 1. The molecule has 1 saturated heterocycles. The number of esters is 1. The lowest BCUT2D eigenvalue weighted by Crippen LogP contribution is -2.42. The van der Waals surface area contributed by atoms with E-state index in [1.54, 1.807) is 0 Å². The molecule has 0 aromatic heterocycles. The summed E-state index contributed by atoms with van der Waals surface area (Å²) in [6.07, 6.45) is 0.585. The van der Waals surface area contributed by atoms with Crippen molar-refractivity contribution in [3.8, 4) is 0 Å². The van der Waals surface area contributed by atoms with E-state index in [4.69, 9.17) is 0 Å². The first kappa shape index (κ1) is 12.4. The van der Waals surface area contributed by atoms with Gasteiger partial charge in [0.15, 0.2) is 5.78 Å². The zero-order valence-corrected chi connectivity index (χ0v) is 8.60. The van der Waals surface area contributed by atoms with Crippen molar-refractivity contribution in [1.29, 1.82) is 0 Å². The number of hydrogen-bond donors (Lipinski definition) is 0. The number of halogens is 1. The topological polar surface area (TPSA) is 46.6 Å². The van der Waals surface area contributed by atoms with Crippen LogP contribution in [0.15, 0.2) is 0 Å². The number of Topliss-reactive ketones (excluding diaryl/α,β-unsaturated/α-hetero) is 1. The van der Waals surface area contributed by atoms with Crippen molar-refractivity contribution in [3.05, 3.63) is 0 Å². The van der Waals surface area contributed by atoms with Gasteiger partial charge in [0.05, 0.1) is 13.7 Å². The fourth-order valence-electron chi connectivity index (χ4n) is 1.36. The molecule has 0 N–H and O–H groups in total. The smallest absolute Gasteiger partial charge is 0.316 e. The molecule has 1 heterocycles. The molecule has 0 spiro atoms. The van der Waals surface area contributed by atoms with Gasteiger partial charge >= 0.3 is 5.97 Å². The molecular formula is C8H14ClNO3. The number of ether oxygens (including phenoxy) is 1. The molecule has 1 aliphatic heterocycles. The van der Waals surface area contributed by atoms with Gasteiger partial charge < -0.3 is 4.74 Å². The molecule has 0 aromatic rings. The Labute approximate surface area is 83.6 Å². The van der Waals surface area contributed by atoms with Crippen molar-refractivity contribution >= 4 is 24.2 Å². The maximum atomic E-state index is 11.3. The number of hydrogen-bond acceptors (Lipinski definition) is 4. The molecule has 4 nitrogen and oxygen atoms in total. The van der Waals surface area contributed by atoms with E-state index in [0.717, 1.165) is 6.54 Å². The quantitative estimate of drug-likeness (QED) is 0.452. The molecule has 1 rings (SSSR count). The zero-order valence-electron chi connectivity index (χ0n) is 7.78. The number of likely N-dealkylation sites (tertiary alicyclic amines) is 1. The molecule has 0 aliphatic carbocycles. The summed E-state index contributed by atoms with van der Waals surface area (Å²) in [6, 6.07) is 0. The molecule has 1 atom stereocenters. The van der Waals surface area contributed by atoms with Gasteiger partial charge in [-0.25, -0.2) is 0 Å². The minimum Gasteiger partial charge on any atom is -0.468 e. The van der Waals surface area contributed by atoms with Crippen molar-refractivity contribution in [2.24, 2.45) is 5.92 Å². The van der Waals surface area contributed by atoms with Crippen LogP contribution in [0.1, 0.15) is 6.42 Å². The van der Waals surface area contributed by atoms with Gasteiger partial charge in [0.25, 0.3) is 0 Å². The molecule has 0 saturated carbocycles. The first-order valence-electron chi connectivity index (χ1n) is 3.94. The number of likely N-dealkylation sites (N-methyl/N-ethyl adjacent to an activating group) is 1. The van der Waals surface area contributed by atoms with Crippen LogP contribution in [0, 0.1) is 5.92 Å². The Hall–Kier alpha value is -0.610. The Kier molecular flexibility index (Phi) is 4.95. The van der Waals surface area contributed by atoms with E-state index in [9.17, 15) is 9.59 Å². The van der Waals surface area contributed by atoms with E-state index in [2.05, 4.69) is 4.74 Å². The summed E-state index contributed by atoms with van der Waals surface area (Å²) in [5.41, 5.74) is 0. The number of carbonyl (C=O) groups is 2. The second kappa shape index (κ2) is 5.19. The van der Waals surface area contributed by atoms with Crippen LogP contribution in [0.2, 0.25) is 0 Å². The summed E-state index contributed by atoms with van der Waals surface area (Å²) < 4.78 is 4.52. The van der Waals surface area contributed by atoms with Crippen LogP contribution in [0.4, 0.5) is 0 Å². The first-order valence-corrected chi connectivity index (χ1v) is 3.94. The van der Waals surface area contributed by atoms with Gasteiger partial charge in [-0.2, -0.15) is 0 Å². The number of ketones is 1. The molecule has 1 aliphatic rings. The first-order chi connectivity index (χ1) is 5.65. The van der Waals surface area contributed by atoms with Gasteiger partial charge in [-0.3, -0.25) is 14.5 Å². The van der Waals surface area contributed by atoms with Crippen LogP contribution in [-0.4, -0.2) is 43.9 Å². The number of methoxy groups -OCH3 is 1. The van der Waals surface area contributed by atoms with Crippen LogP contribution in [0.5, 0.6) is 0 Å². The highest BCUT2D eigenvalue weighted by atomic mass is 35.5. The second-order valence-corrected chi connectivity index (χ2v) is 3.07. The molecule has 0 amide bonds. The minimum atomic E-state index is -0.522. The fraction of sp³-hybridized carbons (Fsp3) is 0.750. The fourth-order valence-corrected chi connectivity index (χ4v) is 1.36. The maximum absolute atomic E-state index is 11.3. The normalized spacial score (nSPS) is 23.5. The standard InChI is InChI=1S/C8H13NO3.ClH/c1-9-4-3-6(7(10)5-9)8(11)12-2;/h6H,3-5H2,1-2H3;1H. The van der Waals surface area contributed by atoms with Crippen molar-refractivity contribution in [3.63, 3.8) is 0 Å². The van der Waals surface area contributed by atoms with Crippen LogP contribution >= 0.6 is 12.4 Å². The van der Waals surface area contributed by atoms with Crippen LogP contribution < -0.4 is 0 Å². The highest BCUT2D eigenvalue weighted by Gasteiger charge is 2.31. The third kappa shape index (κ3) is 2.97. The highest BCUT2D eigenvalue weighted by molar-refractivity contribution is 6.00. The van der Waals surface area contributed by atoms with Crippen molar-refractivity contribution in [1.82, 2.24) is 4.90 Å². The lowest BCUT2D eigenvalue weighted by Gasteiger charge is -2.25. The van der Waals surface area contributed by atoms with Crippen LogP contribution in [0.25, 0.3) is 0 Å². The largest absolute Gasteiger partial charge is 0.468 e. The average molecular weight is 208 g/mol. The van der Waals surface area contributed by atoms with Crippen molar-refractivity contribution < 1.29 is 14.3 Å². The number of piperidine rings is 1. The lowest BCUT2D eigenvalue weighted by atomic mass is 9.96. The molecule has 0 aromatic carbocycles. The van der Waals surface area contributed by atoms with Gasteiger partial charge in [0.2, 0.25) is 0 Å². The molecular weight excluding hydrogens is 194 g/mol. The highest BCUT2D eigenvalue weighted by Crippen LogP contribution is 2.13. The van der Waals surface area contributed by atoms with Crippen molar-refractivity contribution in [2.45, 2.75) is 6.42 Å². The maximum Gasteiger partial charge on any atom is 0.316 e. The summed E-state index contributed by atoms with van der Waals surface area (Å²) in [7, 11) is 3.18. The summed E-state index contributed by atoms with van der Waals surface area (Å²) in [5, 5.41) is 0. The predicted octanol–water partition coefficient (Wildman–Crippen LogP) is 0.102. The minimum absolute atomic E-state index is 0. The Morgan fingerprint density at radius 1 is 1.62 bits per heavy atom. The summed E-state index contributed by atoms with van der Waals surface area (Å²) in [4.78, 5) is 24.2. The van der Waals surface area contributed by atoms with E-state index in [-0.39, 0.29) is 18.2 Å². The Balaban J connectivity index is 0.00000144. The average Bonchev–Trinajstić information content (AvgIpc) is 2.03. The summed E-state index contributed by atoms with van der Waals surface area (Å²) in [5.74, 6) is -0.949. The lowest BCUT2D eigenvalue weighted by molar-refractivity contribution is -0.151. The predicted molar refractivity (Wildman–Crippen MR) is 49.9 cm³/mol. The molecule has 76 valence electrons. The van der Waals surface area contributed by atoms with Gasteiger partial charge in [-0.15, -0.1) is 12.4 Å². The molecule has 0 radical (unpaired) electrons. The summed E-state index contributed by atoms with van der Waals surface area (Å²) >= 11 is 0. The SMILES string of the molecule is COC(=O)C1CCN(C)CC1=O.Cl. The summed E-state index contributed by atoms with van der Waals surface area (Å²) in [6.45, 7) is 1.14. The number of carbonyl (C=O) groups excluding carboxylic acids is 2. The molecule has 5 heteroatoms. The van der Waals surface area contributed by atoms with Gasteiger partial charge in [0.1, 0.15) is 5.92 Å². The van der Waals surface area contributed by atoms with E-state index in [0.29, 0.717) is 13.0 Å². The van der Waals surface area contributed by atoms with Crippen LogP contribution in [-0.2, 0) is 14.3 Å². The van der Waals surface area contributed by atoms with E-state index in [1.165, 1.54) is 7.11 Å². The second-order valence-electron chi connectivity index (χ2n) is 3.07. The van der Waals surface area contributed by atoms with Crippen molar-refractivity contribution in [2.75, 3.05) is 27.2 Å². The Bertz CT molecular complexity index is 208. The monoisotopic (exact) mass is 207 g/mol. The zero-order chi connectivity index (χ0) is 9.14. The molecule has 13 heavy (non-hydrogen) atoms. The number of rotatable bonds is 1. The third-order valence-electron chi connectivity index (χ3n) is 2.10. The van der Waals surface area contributed by atoms with E-state index < -0.39 is 11.9 Å². The van der Waals surface area contributed by atoms with E-state index in [1.807, 2.05) is 11.9 Å². The van der Waals surface area contributed by atoms with Crippen LogP contribution in [0.3, 0.4) is 0 Å². The molecule has 1 unspecified atom stereocenters. The molecule has 1 fully saturated rings. The van der Waals surface area contributed by atoms with Gasteiger partial charge in [-0.05, 0) is 20.0 Å². The van der Waals surface area contributed by atoms with Gasteiger partial charge in [-0.1, -0.05) is 0 Å². The third-order valence-corrected chi connectivity index (χ3v) is 2.10. The van der Waals surface area contributed by atoms with Gasteiger partial charge in [0, 0.05) is 0 Å².